The van der Waals surface area contributed by atoms with Crippen LogP contribution in [0.3, 0.4) is 0 Å². The lowest BCUT2D eigenvalue weighted by Gasteiger charge is -2.40. The summed E-state index contributed by atoms with van der Waals surface area (Å²) in [5, 5.41) is 19.8. The second-order valence-electron chi connectivity index (χ2n) is 12.5. The Bertz CT molecular complexity index is 2020. The van der Waals surface area contributed by atoms with Crippen molar-refractivity contribution in [3.8, 4) is 35.0 Å². The van der Waals surface area contributed by atoms with Crippen LogP contribution in [-0.2, 0) is 0 Å². The molecule has 0 bridgehead atoms. The fourth-order valence-electron chi connectivity index (χ4n) is 7.69. The highest BCUT2D eigenvalue weighted by molar-refractivity contribution is 7.23. The van der Waals surface area contributed by atoms with E-state index >= 15 is 4.39 Å². The van der Waals surface area contributed by atoms with Crippen molar-refractivity contribution in [2.45, 2.75) is 49.9 Å². The van der Waals surface area contributed by atoms with Gasteiger partial charge in [0, 0.05) is 30.0 Å². The number of halogens is 4. The molecule has 2 N–H and O–H groups in total. The van der Waals surface area contributed by atoms with Crippen LogP contribution in [0.1, 0.15) is 37.7 Å². The Labute approximate surface area is 270 Å². The van der Waals surface area contributed by atoms with Gasteiger partial charge in [-0.2, -0.15) is 20.5 Å². The number of nitrogen functional groups attached to an aromatic ring is 1. The van der Waals surface area contributed by atoms with Crippen molar-refractivity contribution in [1.82, 2.24) is 14.9 Å². The number of hydrogen-bond donors (Lipinski definition) is 1. The highest BCUT2D eigenvalue weighted by atomic mass is 35.5. The zero-order valence-electron chi connectivity index (χ0n) is 24.5. The van der Waals surface area contributed by atoms with Gasteiger partial charge in [0.15, 0.2) is 11.6 Å². The first-order valence-corrected chi connectivity index (χ1v) is 16.4. The second-order valence-corrected chi connectivity index (χ2v) is 13.9. The summed E-state index contributed by atoms with van der Waals surface area (Å²) in [5.74, 6) is -0.986. The summed E-state index contributed by atoms with van der Waals surface area (Å²) in [6.07, 6.45) is 2.32. The van der Waals surface area contributed by atoms with E-state index in [9.17, 15) is 19.3 Å². The molecule has 236 valence electrons. The molecule has 4 aromatic rings. The van der Waals surface area contributed by atoms with E-state index in [1.54, 1.807) is 0 Å². The Kier molecular flexibility index (Phi) is 6.87. The van der Waals surface area contributed by atoms with Gasteiger partial charge < -0.3 is 20.1 Å². The van der Waals surface area contributed by atoms with E-state index in [0.29, 0.717) is 38.2 Å². The van der Waals surface area contributed by atoms with Crippen molar-refractivity contribution in [3.63, 3.8) is 0 Å². The molecular weight excluding hydrogens is 639 g/mol. The number of fused-ring (bicyclic) bond motifs is 2. The number of nitrogens with two attached hydrogens (primary N) is 1. The number of nitrogens with zero attached hydrogens (tertiary/aromatic N) is 6. The minimum atomic E-state index is -0.952. The fourth-order valence-corrected chi connectivity index (χ4v) is 8.97. The number of thiophene rings is 1. The minimum absolute atomic E-state index is 0.0237. The predicted octanol–water partition coefficient (Wildman–Crippen LogP) is 6.35. The average Bonchev–Trinajstić information content (AvgIpc) is 3.61. The molecule has 0 radical (unpaired) electrons. The SMILES string of the molecule is N#Cc1c(N)sc2c(F)ccc(-c3c(Cl)c4c5c(nc(OC[C@@]67CCCN6C[C@H](F)C7)nc5c3F)N(C3CC(C#N)C3)CCO4)c12. The summed E-state index contributed by atoms with van der Waals surface area (Å²) >= 11 is 7.87. The Morgan fingerprint density at radius 1 is 1.20 bits per heavy atom. The van der Waals surface area contributed by atoms with Crippen LogP contribution in [0, 0.1) is 40.2 Å². The quantitative estimate of drug-likeness (QED) is 0.260. The molecular formula is C32H27ClF3N7O2S. The molecule has 9 nitrogen and oxygen atoms in total. The number of ether oxygens (including phenoxy) is 2. The molecule has 5 heterocycles. The summed E-state index contributed by atoms with van der Waals surface area (Å²) in [7, 11) is 0. The maximum Gasteiger partial charge on any atom is 0.319 e. The first-order valence-electron chi connectivity index (χ1n) is 15.2. The van der Waals surface area contributed by atoms with Crippen LogP contribution in [0.25, 0.3) is 32.1 Å². The molecule has 3 fully saturated rings. The van der Waals surface area contributed by atoms with E-state index in [4.69, 9.17) is 31.8 Å². The van der Waals surface area contributed by atoms with Gasteiger partial charge in [-0.25, -0.2) is 13.2 Å². The molecule has 1 saturated carbocycles. The van der Waals surface area contributed by atoms with Gasteiger partial charge >= 0.3 is 6.01 Å². The molecule has 4 aliphatic rings. The number of alkyl halides is 1. The standard InChI is InChI=1S/C32H27ClF3N7O2S/c33-24-22(18-2-3-20(35)28-21(18)19(12-38)29(39)46-28)25(36)26-23-27(24)44-7-6-43(17-8-15(9-17)11-37)30(23)41-31(40-26)45-14-32-4-1-5-42(32)13-16(34)10-32/h2-3,15-17H,1,4-10,13-14,39H2/t15?,16-,17?,32+/m1/s1. The zero-order chi connectivity index (χ0) is 31.9. The molecule has 2 saturated heterocycles. The molecule has 2 aromatic heterocycles. The molecule has 2 aromatic carbocycles. The number of rotatable bonds is 5. The van der Waals surface area contributed by atoms with Gasteiger partial charge in [0.1, 0.15) is 47.6 Å². The Hall–Kier alpha value is -4.04. The van der Waals surface area contributed by atoms with Gasteiger partial charge in [0.05, 0.1) is 44.7 Å². The lowest BCUT2D eigenvalue weighted by Crippen LogP contribution is -2.46. The van der Waals surface area contributed by atoms with Crippen LogP contribution >= 0.6 is 22.9 Å². The Balaban J connectivity index is 1.33. The zero-order valence-corrected chi connectivity index (χ0v) is 26.0. The largest absolute Gasteiger partial charge is 0.489 e. The Morgan fingerprint density at radius 3 is 2.80 bits per heavy atom. The van der Waals surface area contributed by atoms with Crippen molar-refractivity contribution in [2.75, 3.05) is 43.5 Å². The van der Waals surface area contributed by atoms with Gasteiger partial charge in [-0.05, 0) is 43.9 Å². The molecule has 0 unspecified atom stereocenters. The minimum Gasteiger partial charge on any atom is -0.489 e. The first kappa shape index (κ1) is 29.4. The fraction of sp³-hybridized carbons (Fsp3) is 0.438. The van der Waals surface area contributed by atoms with Crippen molar-refractivity contribution in [1.29, 1.82) is 10.5 Å². The highest BCUT2D eigenvalue weighted by Crippen LogP contribution is 2.51. The molecule has 1 aliphatic carbocycles. The van der Waals surface area contributed by atoms with E-state index in [2.05, 4.69) is 16.0 Å². The predicted molar refractivity (Wildman–Crippen MR) is 168 cm³/mol. The highest BCUT2D eigenvalue weighted by Gasteiger charge is 2.49. The van der Waals surface area contributed by atoms with Crippen LogP contribution in [0.2, 0.25) is 5.02 Å². The number of anilines is 2. The Morgan fingerprint density at radius 2 is 2.02 bits per heavy atom. The molecule has 0 spiro atoms. The third-order valence-corrected chi connectivity index (χ3v) is 11.3. The molecule has 3 aliphatic heterocycles. The molecule has 8 rings (SSSR count). The topological polar surface area (TPSA) is 124 Å². The van der Waals surface area contributed by atoms with Gasteiger partial charge in [0.2, 0.25) is 0 Å². The van der Waals surface area contributed by atoms with Crippen LogP contribution in [0.4, 0.5) is 24.0 Å². The van der Waals surface area contributed by atoms with Crippen LogP contribution < -0.4 is 20.1 Å². The lowest BCUT2D eigenvalue weighted by molar-refractivity contribution is 0.107. The maximum atomic E-state index is 17.1. The third kappa shape index (κ3) is 4.29. The molecule has 2 atom stereocenters. The van der Waals surface area contributed by atoms with Crippen molar-refractivity contribution in [2.24, 2.45) is 5.92 Å². The van der Waals surface area contributed by atoms with Gasteiger partial charge in [0.25, 0.3) is 0 Å². The second kappa shape index (κ2) is 10.8. The van der Waals surface area contributed by atoms with Crippen LogP contribution in [-0.4, -0.2) is 65.5 Å². The summed E-state index contributed by atoms with van der Waals surface area (Å²) in [4.78, 5) is 13.4. The number of nitriles is 2. The van der Waals surface area contributed by atoms with Crippen LogP contribution in [0.5, 0.6) is 11.8 Å². The summed E-state index contributed by atoms with van der Waals surface area (Å²) in [6.45, 7) is 1.85. The van der Waals surface area contributed by atoms with Gasteiger partial charge in [-0.15, -0.1) is 11.3 Å². The summed E-state index contributed by atoms with van der Waals surface area (Å²) < 4.78 is 59.0. The summed E-state index contributed by atoms with van der Waals surface area (Å²) in [5.41, 5.74) is 5.55. The van der Waals surface area contributed by atoms with Crippen LogP contribution in [0.15, 0.2) is 12.1 Å². The monoisotopic (exact) mass is 665 g/mol. The third-order valence-electron chi connectivity index (χ3n) is 9.96. The normalized spacial score (nSPS) is 25.5. The van der Waals surface area contributed by atoms with Crippen molar-refractivity contribution >= 4 is 54.7 Å². The van der Waals surface area contributed by atoms with Crippen molar-refractivity contribution < 1.29 is 22.6 Å². The maximum absolute atomic E-state index is 17.1. The molecule has 14 heteroatoms. The smallest absolute Gasteiger partial charge is 0.319 e. The number of aromatic nitrogens is 2. The first-order chi connectivity index (χ1) is 22.2. The number of benzene rings is 2. The lowest BCUT2D eigenvalue weighted by atomic mass is 9.80. The van der Waals surface area contributed by atoms with E-state index < -0.39 is 23.3 Å². The van der Waals surface area contributed by atoms with E-state index in [-0.39, 0.29) is 84.6 Å². The van der Waals surface area contributed by atoms with Gasteiger partial charge in [-0.3, -0.25) is 4.90 Å². The molecule has 0 amide bonds. The average molecular weight is 666 g/mol. The van der Waals surface area contributed by atoms with E-state index in [1.165, 1.54) is 12.1 Å². The summed E-state index contributed by atoms with van der Waals surface area (Å²) in [6, 6.07) is 6.76. The van der Waals surface area contributed by atoms with Crippen molar-refractivity contribution in [3.05, 3.63) is 34.4 Å². The van der Waals surface area contributed by atoms with E-state index in [0.717, 1.165) is 30.7 Å². The van der Waals surface area contributed by atoms with E-state index in [1.807, 2.05) is 11.0 Å². The molecule has 46 heavy (non-hydrogen) atoms. The number of hydrogen-bond acceptors (Lipinski definition) is 10. The van der Waals surface area contributed by atoms with Gasteiger partial charge in [-0.1, -0.05) is 17.7 Å².